The van der Waals surface area contributed by atoms with Gasteiger partial charge in [-0.1, -0.05) is 31.0 Å². The van der Waals surface area contributed by atoms with Crippen LogP contribution in [0.5, 0.6) is 5.75 Å². The van der Waals surface area contributed by atoms with Crippen LogP contribution in [0.4, 0.5) is 0 Å². The number of rotatable bonds is 7. The van der Waals surface area contributed by atoms with E-state index in [1.165, 1.54) is 0 Å². The summed E-state index contributed by atoms with van der Waals surface area (Å²) >= 11 is 0. The highest BCUT2D eigenvalue weighted by Crippen LogP contribution is 2.19. The molecule has 0 aromatic heterocycles. The summed E-state index contributed by atoms with van der Waals surface area (Å²) in [5.41, 5.74) is 1.72. The average Bonchev–Trinajstić information content (AvgIpc) is 2.37. The van der Waals surface area contributed by atoms with E-state index in [2.05, 4.69) is 0 Å². The maximum absolute atomic E-state index is 11.3. The second kappa shape index (κ2) is 7.71. The van der Waals surface area contributed by atoms with E-state index in [1.807, 2.05) is 26.0 Å². The molecule has 1 rings (SSSR count). The van der Waals surface area contributed by atoms with Crippen LogP contribution in [0.1, 0.15) is 30.9 Å². The minimum atomic E-state index is -0.382. The van der Waals surface area contributed by atoms with Gasteiger partial charge in [-0.15, -0.1) is 0 Å². The Balaban J connectivity index is 2.45. The van der Waals surface area contributed by atoms with Crippen molar-refractivity contribution >= 4 is 5.97 Å². The van der Waals surface area contributed by atoms with Crippen molar-refractivity contribution in [2.45, 2.75) is 33.3 Å². The van der Waals surface area contributed by atoms with Crippen LogP contribution in [0.15, 0.2) is 18.2 Å². The van der Waals surface area contributed by atoms with Gasteiger partial charge in [0.15, 0.2) is 6.61 Å². The maximum Gasteiger partial charge on any atom is 0.344 e. The number of hydrogen-bond donors (Lipinski definition) is 1. The number of aryl methyl sites for hydroxylation is 1. The van der Waals surface area contributed by atoms with Gasteiger partial charge in [0.2, 0.25) is 0 Å². The Kier molecular flexibility index (Phi) is 6.22. The second-order valence-electron chi connectivity index (χ2n) is 4.13. The van der Waals surface area contributed by atoms with E-state index in [9.17, 15) is 9.90 Å². The standard InChI is InChI=1S/C14H20O4/c1-3-4-7-17-14(16)10-18-13-6-5-11(2)8-12(13)9-15/h5-6,8,15H,3-4,7,9-10H2,1-2H3. The van der Waals surface area contributed by atoms with Gasteiger partial charge in [-0.2, -0.15) is 0 Å². The minimum absolute atomic E-state index is 0.109. The normalized spacial score (nSPS) is 10.2. The molecule has 0 aliphatic heterocycles. The van der Waals surface area contributed by atoms with Gasteiger partial charge in [-0.05, 0) is 19.4 Å². The molecule has 0 spiro atoms. The van der Waals surface area contributed by atoms with E-state index in [4.69, 9.17) is 9.47 Å². The van der Waals surface area contributed by atoms with E-state index in [1.54, 1.807) is 6.07 Å². The Morgan fingerprint density at radius 3 is 2.83 bits per heavy atom. The van der Waals surface area contributed by atoms with Crippen LogP contribution in [0.3, 0.4) is 0 Å². The van der Waals surface area contributed by atoms with Crippen LogP contribution in [0.2, 0.25) is 0 Å². The molecule has 0 aliphatic carbocycles. The molecule has 18 heavy (non-hydrogen) atoms. The second-order valence-corrected chi connectivity index (χ2v) is 4.13. The average molecular weight is 252 g/mol. The van der Waals surface area contributed by atoms with Crippen molar-refractivity contribution in [3.8, 4) is 5.75 Å². The molecule has 0 unspecified atom stereocenters. The minimum Gasteiger partial charge on any atom is -0.482 e. The zero-order chi connectivity index (χ0) is 13.4. The van der Waals surface area contributed by atoms with Crippen LogP contribution in [-0.2, 0) is 16.1 Å². The first kappa shape index (κ1) is 14.5. The molecule has 0 saturated carbocycles. The van der Waals surface area contributed by atoms with Gasteiger partial charge in [-0.3, -0.25) is 0 Å². The van der Waals surface area contributed by atoms with Crippen molar-refractivity contribution < 1.29 is 19.4 Å². The third kappa shape index (κ3) is 4.75. The van der Waals surface area contributed by atoms with E-state index in [-0.39, 0.29) is 19.2 Å². The fourth-order valence-electron chi connectivity index (χ4n) is 1.48. The summed E-state index contributed by atoms with van der Waals surface area (Å²) < 4.78 is 10.3. The lowest BCUT2D eigenvalue weighted by atomic mass is 10.1. The third-order valence-electron chi connectivity index (χ3n) is 2.49. The number of carbonyl (C=O) groups is 1. The predicted octanol–water partition coefficient (Wildman–Crippen LogP) is 2.21. The predicted molar refractivity (Wildman–Crippen MR) is 68.5 cm³/mol. The van der Waals surface area contributed by atoms with Crippen molar-refractivity contribution in [3.05, 3.63) is 29.3 Å². The summed E-state index contributed by atoms with van der Waals surface area (Å²) in [6.45, 7) is 4.16. The van der Waals surface area contributed by atoms with E-state index in [0.29, 0.717) is 17.9 Å². The van der Waals surface area contributed by atoms with Crippen LogP contribution in [0.25, 0.3) is 0 Å². The lowest BCUT2D eigenvalue weighted by Crippen LogP contribution is -2.16. The van der Waals surface area contributed by atoms with Gasteiger partial charge >= 0.3 is 5.97 Å². The van der Waals surface area contributed by atoms with Gasteiger partial charge in [0.25, 0.3) is 0 Å². The molecular weight excluding hydrogens is 232 g/mol. The molecule has 0 fully saturated rings. The molecule has 0 radical (unpaired) electrons. The van der Waals surface area contributed by atoms with Gasteiger partial charge in [-0.25, -0.2) is 4.79 Å². The summed E-state index contributed by atoms with van der Waals surface area (Å²) in [4.78, 5) is 11.3. The maximum atomic E-state index is 11.3. The van der Waals surface area contributed by atoms with Gasteiger partial charge < -0.3 is 14.6 Å². The van der Waals surface area contributed by atoms with Crippen molar-refractivity contribution in [2.24, 2.45) is 0 Å². The fraction of sp³-hybridized carbons (Fsp3) is 0.500. The summed E-state index contributed by atoms with van der Waals surface area (Å²) in [6.07, 6.45) is 1.85. The Morgan fingerprint density at radius 1 is 1.39 bits per heavy atom. The monoisotopic (exact) mass is 252 g/mol. The molecular formula is C14H20O4. The number of hydrogen-bond acceptors (Lipinski definition) is 4. The highest BCUT2D eigenvalue weighted by atomic mass is 16.6. The number of ether oxygens (including phenoxy) is 2. The van der Waals surface area contributed by atoms with Crippen LogP contribution in [0, 0.1) is 6.92 Å². The largest absolute Gasteiger partial charge is 0.482 e. The topological polar surface area (TPSA) is 55.8 Å². The first-order chi connectivity index (χ1) is 8.67. The number of unbranched alkanes of at least 4 members (excludes halogenated alkanes) is 1. The van der Waals surface area contributed by atoms with Gasteiger partial charge in [0, 0.05) is 5.56 Å². The summed E-state index contributed by atoms with van der Waals surface area (Å²) in [7, 11) is 0. The fourth-order valence-corrected chi connectivity index (χ4v) is 1.48. The molecule has 0 heterocycles. The zero-order valence-electron chi connectivity index (χ0n) is 10.9. The lowest BCUT2D eigenvalue weighted by Gasteiger charge is -2.10. The van der Waals surface area contributed by atoms with Crippen molar-refractivity contribution in [2.75, 3.05) is 13.2 Å². The van der Waals surface area contributed by atoms with Gasteiger partial charge in [0.1, 0.15) is 5.75 Å². The number of carbonyl (C=O) groups excluding carboxylic acids is 1. The number of benzene rings is 1. The van der Waals surface area contributed by atoms with E-state index < -0.39 is 0 Å². The van der Waals surface area contributed by atoms with Crippen molar-refractivity contribution in [1.29, 1.82) is 0 Å². The van der Waals surface area contributed by atoms with Crippen LogP contribution >= 0.6 is 0 Å². The van der Waals surface area contributed by atoms with E-state index in [0.717, 1.165) is 18.4 Å². The molecule has 4 heteroatoms. The molecule has 4 nitrogen and oxygen atoms in total. The zero-order valence-corrected chi connectivity index (χ0v) is 10.9. The SMILES string of the molecule is CCCCOC(=O)COc1ccc(C)cc1CO. The smallest absolute Gasteiger partial charge is 0.344 e. The first-order valence-electron chi connectivity index (χ1n) is 6.16. The third-order valence-corrected chi connectivity index (χ3v) is 2.49. The number of esters is 1. The highest BCUT2D eigenvalue weighted by Gasteiger charge is 2.07. The molecule has 0 saturated heterocycles. The molecule has 100 valence electrons. The number of aliphatic hydroxyl groups excluding tert-OH is 1. The van der Waals surface area contributed by atoms with E-state index >= 15 is 0 Å². The molecule has 1 N–H and O–H groups in total. The van der Waals surface area contributed by atoms with Gasteiger partial charge in [0.05, 0.1) is 13.2 Å². The van der Waals surface area contributed by atoms with Crippen molar-refractivity contribution in [3.63, 3.8) is 0 Å². The highest BCUT2D eigenvalue weighted by molar-refractivity contribution is 5.71. The molecule has 0 atom stereocenters. The Bertz CT molecular complexity index is 387. The molecule has 0 amide bonds. The summed E-state index contributed by atoms with van der Waals surface area (Å²) in [5.74, 6) is 0.142. The van der Waals surface area contributed by atoms with Crippen LogP contribution < -0.4 is 4.74 Å². The molecule has 0 aliphatic rings. The quantitative estimate of drug-likeness (QED) is 0.597. The summed E-state index contributed by atoms with van der Waals surface area (Å²) in [6, 6.07) is 5.45. The van der Waals surface area contributed by atoms with Crippen molar-refractivity contribution in [1.82, 2.24) is 0 Å². The van der Waals surface area contributed by atoms with Crippen LogP contribution in [-0.4, -0.2) is 24.3 Å². The first-order valence-corrected chi connectivity index (χ1v) is 6.16. The summed E-state index contributed by atoms with van der Waals surface area (Å²) in [5, 5.41) is 9.19. The Morgan fingerprint density at radius 2 is 2.17 bits per heavy atom. The Labute approximate surface area is 108 Å². The molecule has 1 aromatic carbocycles. The molecule has 0 bridgehead atoms. The molecule has 1 aromatic rings. The lowest BCUT2D eigenvalue weighted by molar-refractivity contribution is -0.146. The number of aliphatic hydroxyl groups is 1. The Hall–Kier alpha value is -1.55.